The van der Waals surface area contributed by atoms with Gasteiger partial charge in [-0.05, 0) is 35.9 Å². The summed E-state index contributed by atoms with van der Waals surface area (Å²) in [5.41, 5.74) is 8.75. The molecule has 0 saturated carbocycles. The van der Waals surface area contributed by atoms with Gasteiger partial charge >= 0.3 is 0 Å². The minimum absolute atomic E-state index is 0.0256. The van der Waals surface area contributed by atoms with E-state index in [1.807, 2.05) is 24.3 Å². The maximum atomic E-state index is 10.8. The molecule has 128 valence electrons. The number of nitrogens with zero attached hydrogens (tertiary/aromatic N) is 3. The van der Waals surface area contributed by atoms with Crippen LogP contribution in [0.5, 0.6) is 5.75 Å². The van der Waals surface area contributed by atoms with E-state index in [1.165, 1.54) is 12.1 Å². The number of benzene rings is 2. The van der Waals surface area contributed by atoms with E-state index in [4.69, 9.17) is 10.5 Å². The van der Waals surface area contributed by atoms with E-state index in [2.05, 4.69) is 11.1 Å². The van der Waals surface area contributed by atoms with E-state index in [9.17, 15) is 15.4 Å². The van der Waals surface area contributed by atoms with E-state index >= 15 is 0 Å². The molecule has 0 saturated heterocycles. The summed E-state index contributed by atoms with van der Waals surface area (Å²) in [4.78, 5) is 14.7. The summed E-state index contributed by atoms with van der Waals surface area (Å²) in [6.07, 6.45) is 0. The number of ether oxygens (including phenoxy) is 1. The van der Waals surface area contributed by atoms with Crippen LogP contribution in [-0.4, -0.2) is 17.0 Å². The zero-order chi connectivity index (χ0) is 18.7. The van der Waals surface area contributed by atoms with Crippen molar-refractivity contribution in [3.05, 3.63) is 70.3 Å². The molecule has 26 heavy (non-hydrogen) atoms. The van der Waals surface area contributed by atoms with Gasteiger partial charge in [-0.15, -0.1) is 0 Å². The van der Waals surface area contributed by atoms with Gasteiger partial charge in [0.05, 0.1) is 17.7 Å². The Morgan fingerprint density at radius 3 is 2.50 bits per heavy atom. The number of nitro benzene ring substituents is 1. The lowest BCUT2D eigenvalue weighted by molar-refractivity contribution is -0.384. The first-order chi connectivity index (χ1) is 12.5. The van der Waals surface area contributed by atoms with Crippen molar-refractivity contribution in [3.63, 3.8) is 0 Å². The number of pyridine rings is 1. The van der Waals surface area contributed by atoms with Crippen LogP contribution in [0.1, 0.15) is 5.56 Å². The number of anilines is 1. The van der Waals surface area contributed by atoms with Crippen molar-refractivity contribution >= 4 is 11.5 Å². The molecular formula is C19H14N4O3. The van der Waals surface area contributed by atoms with Gasteiger partial charge in [0.25, 0.3) is 5.69 Å². The minimum Gasteiger partial charge on any atom is -0.497 e. The van der Waals surface area contributed by atoms with Crippen molar-refractivity contribution in [2.45, 2.75) is 0 Å². The molecule has 0 spiro atoms. The number of nitrogen functional groups attached to an aromatic ring is 1. The average molecular weight is 346 g/mol. The molecule has 0 bridgehead atoms. The SMILES string of the molecule is COc1cccc(-c2cc(-c3ccc([N+](=O)[O-])cc3)c(C#N)c(N)n2)c1. The lowest BCUT2D eigenvalue weighted by atomic mass is 9.98. The Kier molecular flexibility index (Phi) is 4.50. The van der Waals surface area contributed by atoms with Crippen LogP contribution >= 0.6 is 0 Å². The second-order valence-corrected chi connectivity index (χ2v) is 5.46. The number of hydrogen-bond acceptors (Lipinski definition) is 6. The summed E-state index contributed by atoms with van der Waals surface area (Å²) >= 11 is 0. The monoisotopic (exact) mass is 346 g/mol. The van der Waals surface area contributed by atoms with Gasteiger partial charge in [0, 0.05) is 23.3 Å². The van der Waals surface area contributed by atoms with Gasteiger partial charge in [0.2, 0.25) is 0 Å². The standard InChI is InChI=1S/C19H14N4O3/c1-26-15-4-2-3-13(9-15)18-10-16(17(11-20)19(21)22-18)12-5-7-14(8-6-12)23(24)25/h2-10H,1H3,(H2,21,22). The van der Waals surface area contributed by atoms with Crippen LogP contribution in [-0.2, 0) is 0 Å². The summed E-state index contributed by atoms with van der Waals surface area (Å²) < 4.78 is 5.23. The number of non-ortho nitro benzene ring substituents is 1. The first-order valence-electron chi connectivity index (χ1n) is 7.63. The number of nitro groups is 1. The lowest BCUT2D eigenvalue weighted by Crippen LogP contribution is -2.00. The molecule has 0 aliphatic rings. The highest BCUT2D eigenvalue weighted by Gasteiger charge is 2.15. The highest BCUT2D eigenvalue weighted by Crippen LogP contribution is 2.32. The molecule has 2 N–H and O–H groups in total. The first-order valence-corrected chi connectivity index (χ1v) is 7.63. The zero-order valence-corrected chi connectivity index (χ0v) is 13.8. The van der Waals surface area contributed by atoms with E-state index in [0.29, 0.717) is 22.6 Å². The van der Waals surface area contributed by atoms with Gasteiger partial charge in [-0.25, -0.2) is 4.98 Å². The fourth-order valence-corrected chi connectivity index (χ4v) is 2.60. The van der Waals surface area contributed by atoms with E-state index < -0.39 is 4.92 Å². The maximum Gasteiger partial charge on any atom is 0.269 e. The van der Waals surface area contributed by atoms with Crippen LogP contribution in [0.25, 0.3) is 22.4 Å². The molecule has 3 aromatic rings. The highest BCUT2D eigenvalue weighted by atomic mass is 16.6. The first kappa shape index (κ1) is 16.9. The van der Waals surface area contributed by atoms with Crippen LogP contribution in [0.15, 0.2) is 54.6 Å². The summed E-state index contributed by atoms with van der Waals surface area (Å²) in [6, 6.07) is 17.1. The van der Waals surface area contributed by atoms with Crippen molar-refractivity contribution in [2.75, 3.05) is 12.8 Å². The number of nitrogens with two attached hydrogens (primary N) is 1. The van der Waals surface area contributed by atoms with Gasteiger partial charge in [-0.1, -0.05) is 12.1 Å². The molecule has 0 radical (unpaired) electrons. The van der Waals surface area contributed by atoms with E-state index in [0.717, 1.165) is 5.56 Å². The smallest absolute Gasteiger partial charge is 0.269 e. The second-order valence-electron chi connectivity index (χ2n) is 5.46. The Morgan fingerprint density at radius 1 is 1.15 bits per heavy atom. The van der Waals surface area contributed by atoms with Crippen LogP contribution in [0.3, 0.4) is 0 Å². The van der Waals surface area contributed by atoms with Crippen LogP contribution in [0.4, 0.5) is 11.5 Å². The van der Waals surface area contributed by atoms with Crippen molar-refractivity contribution in [3.8, 4) is 34.2 Å². The fraction of sp³-hybridized carbons (Fsp3) is 0.0526. The van der Waals surface area contributed by atoms with Crippen molar-refractivity contribution in [1.29, 1.82) is 5.26 Å². The molecule has 7 heteroatoms. The largest absolute Gasteiger partial charge is 0.497 e. The number of methoxy groups -OCH3 is 1. The molecule has 0 atom stereocenters. The predicted molar refractivity (Wildman–Crippen MR) is 97.4 cm³/mol. The molecule has 7 nitrogen and oxygen atoms in total. The molecule has 1 heterocycles. The minimum atomic E-state index is -0.475. The molecule has 3 rings (SSSR count). The summed E-state index contributed by atoms with van der Waals surface area (Å²) in [6.45, 7) is 0. The maximum absolute atomic E-state index is 10.8. The van der Waals surface area contributed by atoms with E-state index in [-0.39, 0.29) is 17.1 Å². The van der Waals surface area contributed by atoms with Crippen LogP contribution in [0.2, 0.25) is 0 Å². The topological polar surface area (TPSA) is 115 Å². The molecule has 1 aromatic heterocycles. The Hall–Kier alpha value is -3.92. The lowest BCUT2D eigenvalue weighted by Gasteiger charge is -2.11. The number of rotatable bonds is 4. The molecule has 2 aromatic carbocycles. The Morgan fingerprint density at radius 2 is 1.88 bits per heavy atom. The van der Waals surface area contributed by atoms with Crippen LogP contribution < -0.4 is 10.5 Å². The van der Waals surface area contributed by atoms with Crippen molar-refractivity contribution < 1.29 is 9.66 Å². The predicted octanol–water partition coefficient (Wildman–Crippen LogP) is 3.79. The Balaban J connectivity index is 2.16. The molecule has 0 amide bonds. The number of nitriles is 1. The average Bonchev–Trinajstić information content (AvgIpc) is 2.67. The second kappa shape index (κ2) is 6.91. The molecule has 0 fully saturated rings. The number of aromatic nitrogens is 1. The van der Waals surface area contributed by atoms with Gasteiger partial charge in [-0.2, -0.15) is 5.26 Å². The van der Waals surface area contributed by atoms with Crippen molar-refractivity contribution in [1.82, 2.24) is 4.98 Å². The number of hydrogen-bond donors (Lipinski definition) is 1. The normalized spacial score (nSPS) is 10.2. The van der Waals surface area contributed by atoms with Gasteiger partial charge in [0.15, 0.2) is 0 Å². The zero-order valence-electron chi connectivity index (χ0n) is 13.8. The Bertz CT molecular complexity index is 1020. The van der Waals surface area contributed by atoms with E-state index in [1.54, 1.807) is 25.3 Å². The molecule has 0 aliphatic heterocycles. The molecule has 0 aliphatic carbocycles. The van der Waals surface area contributed by atoms with Gasteiger partial charge in [0.1, 0.15) is 23.2 Å². The third kappa shape index (κ3) is 3.16. The third-order valence-corrected chi connectivity index (χ3v) is 3.91. The summed E-state index contributed by atoms with van der Waals surface area (Å²) in [5, 5.41) is 20.3. The molecule has 0 unspecified atom stereocenters. The van der Waals surface area contributed by atoms with Crippen LogP contribution in [0, 0.1) is 21.4 Å². The highest BCUT2D eigenvalue weighted by molar-refractivity contribution is 5.80. The quantitative estimate of drug-likeness (QED) is 0.567. The van der Waals surface area contributed by atoms with Gasteiger partial charge in [-0.3, -0.25) is 10.1 Å². The third-order valence-electron chi connectivity index (χ3n) is 3.91. The summed E-state index contributed by atoms with van der Waals surface area (Å²) in [7, 11) is 1.57. The fourth-order valence-electron chi connectivity index (χ4n) is 2.60. The van der Waals surface area contributed by atoms with Crippen molar-refractivity contribution in [2.24, 2.45) is 0 Å². The van der Waals surface area contributed by atoms with Gasteiger partial charge < -0.3 is 10.5 Å². The molecular weight excluding hydrogens is 332 g/mol. The Labute approximate surface area is 149 Å². The summed E-state index contributed by atoms with van der Waals surface area (Å²) in [5.74, 6) is 0.769.